The van der Waals surface area contributed by atoms with Gasteiger partial charge in [-0.2, -0.15) is 0 Å². The van der Waals surface area contributed by atoms with Crippen LogP contribution in [0.3, 0.4) is 0 Å². The van der Waals surface area contributed by atoms with E-state index in [1.54, 1.807) is 24.3 Å². The first-order valence-electron chi connectivity index (χ1n) is 7.20. The Labute approximate surface area is 140 Å². The lowest BCUT2D eigenvalue weighted by molar-refractivity contribution is -0.114. The summed E-state index contributed by atoms with van der Waals surface area (Å²) in [4.78, 5) is 11.0. The van der Waals surface area contributed by atoms with E-state index in [2.05, 4.69) is 16.0 Å². The Morgan fingerprint density at radius 2 is 1.57 bits per heavy atom. The molecule has 2 rings (SSSR count). The van der Waals surface area contributed by atoms with Crippen molar-refractivity contribution in [3.05, 3.63) is 59.9 Å². The summed E-state index contributed by atoms with van der Waals surface area (Å²) in [7, 11) is 0. The number of benzene rings is 2. The molecule has 4 nitrogen and oxygen atoms in total. The Bertz CT molecular complexity index is 671. The molecule has 120 valence electrons. The van der Waals surface area contributed by atoms with E-state index in [0.717, 1.165) is 23.4 Å². The van der Waals surface area contributed by atoms with Crippen molar-refractivity contribution in [1.82, 2.24) is 5.32 Å². The lowest BCUT2D eigenvalue weighted by atomic mass is 10.1. The molecule has 0 unspecified atom stereocenters. The fourth-order valence-electron chi connectivity index (χ4n) is 1.99. The quantitative estimate of drug-likeness (QED) is 0.736. The van der Waals surface area contributed by atoms with Gasteiger partial charge in [0.25, 0.3) is 0 Å². The highest BCUT2D eigenvalue weighted by atomic mass is 32.1. The largest absolute Gasteiger partial charge is 0.362 e. The summed E-state index contributed by atoms with van der Waals surface area (Å²) >= 11 is 5.22. The highest BCUT2D eigenvalue weighted by Crippen LogP contribution is 2.13. The first-order chi connectivity index (χ1) is 11.0. The third-order valence-electron chi connectivity index (χ3n) is 3.08. The van der Waals surface area contributed by atoms with E-state index < -0.39 is 0 Å². The average Bonchev–Trinajstić information content (AvgIpc) is 2.51. The predicted molar refractivity (Wildman–Crippen MR) is 95.1 cm³/mol. The van der Waals surface area contributed by atoms with Gasteiger partial charge in [0.15, 0.2) is 5.11 Å². The zero-order valence-corrected chi connectivity index (χ0v) is 13.5. The zero-order chi connectivity index (χ0) is 16.7. The minimum atomic E-state index is -0.235. The van der Waals surface area contributed by atoms with E-state index in [0.29, 0.717) is 11.7 Å². The molecule has 6 heteroatoms. The number of anilines is 2. The van der Waals surface area contributed by atoms with Gasteiger partial charge in [-0.15, -0.1) is 0 Å². The number of rotatable bonds is 5. The van der Waals surface area contributed by atoms with Crippen LogP contribution in [0.4, 0.5) is 15.8 Å². The second-order valence-electron chi connectivity index (χ2n) is 5.02. The van der Waals surface area contributed by atoms with Gasteiger partial charge in [0.05, 0.1) is 0 Å². The average molecular weight is 331 g/mol. The molecule has 0 aliphatic rings. The first-order valence-corrected chi connectivity index (χ1v) is 7.61. The van der Waals surface area contributed by atoms with Crippen molar-refractivity contribution in [2.24, 2.45) is 0 Å². The Morgan fingerprint density at radius 3 is 2.13 bits per heavy atom. The van der Waals surface area contributed by atoms with Crippen LogP contribution in [0.25, 0.3) is 0 Å². The maximum atomic E-state index is 12.8. The van der Waals surface area contributed by atoms with Gasteiger partial charge in [-0.3, -0.25) is 4.79 Å². The van der Waals surface area contributed by atoms with Gasteiger partial charge in [0.1, 0.15) is 5.82 Å². The van der Waals surface area contributed by atoms with E-state index in [1.165, 1.54) is 19.1 Å². The Hall–Kier alpha value is -2.47. The molecule has 0 heterocycles. The van der Waals surface area contributed by atoms with Crippen LogP contribution in [0.1, 0.15) is 12.5 Å². The fourth-order valence-corrected chi connectivity index (χ4v) is 2.21. The summed E-state index contributed by atoms with van der Waals surface area (Å²) in [5.74, 6) is -0.342. The Kier molecular flexibility index (Phi) is 6.05. The molecule has 1 amide bonds. The van der Waals surface area contributed by atoms with Crippen molar-refractivity contribution in [2.75, 3.05) is 17.2 Å². The number of hydrogen-bond donors (Lipinski definition) is 3. The molecule has 0 radical (unpaired) electrons. The standard InChI is InChI=1S/C17H18FN3OS/c1-12(22)20-15-6-8-16(9-7-15)21-17(23)19-11-10-13-2-4-14(18)5-3-13/h2-9H,10-11H2,1H3,(H,20,22)(H2,19,21,23). The summed E-state index contributed by atoms with van der Waals surface area (Å²) in [5.41, 5.74) is 2.61. The van der Waals surface area contributed by atoms with Crippen LogP contribution in [0, 0.1) is 5.82 Å². The van der Waals surface area contributed by atoms with Crippen LogP contribution in [0.2, 0.25) is 0 Å². The lowest BCUT2D eigenvalue weighted by Crippen LogP contribution is -2.30. The molecule has 0 aliphatic heterocycles. The van der Waals surface area contributed by atoms with E-state index in [9.17, 15) is 9.18 Å². The van der Waals surface area contributed by atoms with E-state index >= 15 is 0 Å². The maximum absolute atomic E-state index is 12.8. The van der Waals surface area contributed by atoms with E-state index in [1.807, 2.05) is 12.1 Å². The Morgan fingerprint density at radius 1 is 1.00 bits per heavy atom. The lowest BCUT2D eigenvalue weighted by Gasteiger charge is -2.11. The molecule has 0 aromatic heterocycles. The summed E-state index contributed by atoms with van der Waals surface area (Å²) in [6.07, 6.45) is 0.754. The molecule has 0 atom stereocenters. The molecule has 2 aromatic carbocycles. The second kappa shape index (κ2) is 8.24. The van der Waals surface area contributed by atoms with Gasteiger partial charge >= 0.3 is 0 Å². The SMILES string of the molecule is CC(=O)Nc1ccc(NC(=S)NCCc2ccc(F)cc2)cc1. The maximum Gasteiger partial charge on any atom is 0.221 e. The first kappa shape index (κ1) is 16.9. The van der Waals surface area contributed by atoms with Crippen molar-refractivity contribution in [2.45, 2.75) is 13.3 Å². The molecule has 0 aliphatic carbocycles. The van der Waals surface area contributed by atoms with Gasteiger partial charge in [-0.05, 0) is 60.6 Å². The van der Waals surface area contributed by atoms with Crippen molar-refractivity contribution in [3.8, 4) is 0 Å². The van der Waals surface area contributed by atoms with E-state index in [4.69, 9.17) is 12.2 Å². The fraction of sp³-hybridized carbons (Fsp3) is 0.176. The van der Waals surface area contributed by atoms with Crippen molar-refractivity contribution < 1.29 is 9.18 Å². The molecular formula is C17H18FN3OS. The molecule has 0 saturated carbocycles. The summed E-state index contributed by atoms with van der Waals surface area (Å²) < 4.78 is 12.8. The van der Waals surface area contributed by atoms with Crippen LogP contribution in [0.5, 0.6) is 0 Å². The van der Waals surface area contributed by atoms with Crippen LogP contribution in [0.15, 0.2) is 48.5 Å². The molecule has 23 heavy (non-hydrogen) atoms. The van der Waals surface area contributed by atoms with Crippen LogP contribution >= 0.6 is 12.2 Å². The third kappa shape index (κ3) is 6.04. The Balaban J connectivity index is 1.76. The summed E-state index contributed by atoms with van der Waals surface area (Å²) in [6.45, 7) is 2.12. The van der Waals surface area contributed by atoms with Crippen LogP contribution < -0.4 is 16.0 Å². The second-order valence-corrected chi connectivity index (χ2v) is 5.42. The van der Waals surface area contributed by atoms with Gasteiger partial charge in [-0.1, -0.05) is 12.1 Å². The van der Waals surface area contributed by atoms with Crippen molar-refractivity contribution in [1.29, 1.82) is 0 Å². The summed E-state index contributed by atoms with van der Waals surface area (Å²) in [6, 6.07) is 13.7. The van der Waals surface area contributed by atoms with Gasteiger partial charge in [0, 0.05) is 24.8 Å². The monoisotopic (exact) mass is 331 g/mol. The smallest absolute Gasteiger partial charge is 0.221 e. The molecule has 3 N–H and O–H groups in total. The number of halogens is 1. The number of thiocarbonyl (C=S) groups is 1. The van der Waals surface area contributed by atoms with Gasteiger partial charge in [-0.25, -0.2) is 4.39 Å². The topological polar surface area (TPSA) is 53.2 Å². The molecule has 2 aromatic rings. The number of carbonyl (C=O) groups excluding carboxylic acids is 1. The molecule has 0 fully saturated rings. The number of nitrogens with one attached hydrogen (secondary N) is 3. The normalized spacial score (nSPS) is 10.0. The van der Waals surface area contributed by atoms with Crippen LogP contribution in [-0.2, 0) is 11.2 Å². The number of amides is 1. The summed E-state index contributed by atoms with van der Waals surface area (Å²) in [5, 5.41) is 9.38. The van der Waals surface area contributed by atoms with E-state index in [-0.39, 0.29) is 11.7 Å². The van der Waals surface area contributed by atoms with Gasteiger partial charge < -0.3 is 16.0 Å². The highest BCUT2D eigenvalue weighted by molar-refractivity contribution is 7.80. The van der Waals surface area contributed by atoms with Crippen molar-refractivity contribution in [3.63, 3.8) is 0 Å². The predicted octanol–water partition coefficient (Wildman–Crippen LogP) is 3.31. The number of carbonyl (C=O) groups is 1. The van der Waals surface area contributed by atoms with Gasteiger partial charge in [0.2, 0.25) is 5.91 Å². The minimum absolute atomic E-state index is 0.108. The zero-order valence-electron chi connectivity index (χ0n) is 12.7. The molecular weight excluding hydrogens is 313 g/mol. The minimum Gasteiger partial charge on any atom is -0.362 e. The highest BCUT2D eigenvalue weighted by Gasteiger charge is 2.00. The van der Waals surface area contributed by atoms with Crippen molar-refractivity contribution >= 4 is 34.6 Å². The molecule has 0 bridgehead atoms. The third-order valence-corrected chi connectivity index (χ3v) is 3.32. The molecule has 0 spiro atoms. The number of hydrogen-bond acceptors (Lipinski definition) is 2. The van der Waals surface area contributed by atoms with Crippen LogP contribution in [-0.4, -0.2) is 17.6 Å². The molecule has 0 saturated heterocycles.